The third-order valence-electron chi connectivity index (χ3n) is 7.34. The van der Waals surface area contributed by atoms with Crippen molar-refractivity contribution in [1.82, 2.24) is 9.88 Å². The maximum Gasteiger partial charge on any atom is 0.144 e. The molecule has 3 heterocycles. The van der Waals surface area contributed by atoms with Gasteiger partial charge in [-0.15, -0.1) is 0 Å². The Morgan fingerprint density at radius 2 is 1.80 bits per heavy atom. The summed E-state index contributed by atoms with van der Waals surface area (Å²) in [6.07, 6.45) is 1.84. The molecule has 2 aromatic heterocycles. The number of furan rings is 1. The molecule has 3 aromatic carbocycles. The van der Waals surface area contributed by atoms with Gasteiger partial charge in [0.2, 0.25) is 0 Å². The summed E-state index contributed by atoms with van der Waals surface area (Å²) in [6, 6.07) is 16.5. The smallest absolute Gasteiger partial charge is 0.144 e. The molecule has 40 heavy (non-hydrogen) atoms. The van der Waals surface area contributed by atoms with Crippen LogP contribution in [-0.2, 0) is 6.42 Å². The second-order valence-electron chi connectivity index (χ2n) is 12.7. The Morgan fingerprint density at radius 1 is 0.975 bits per heavy atom. The third kappa shape index (κ3) is 4.81. The van der Waals surface area contributed by atoms with Crippen LogP contribution < -0.4 is 0 Å². The number of aromatic nitrogens is 1. The minimum atomic E-state index is -2.60. The van der Waals surface area contributed by atoms with Crippen molar-refractivity contribution < 1.29 is 14.0 Å². The molecular weight excluding hydrogens is 490 g/mol. The van der Waals surface area contributed by atoms with E-state index in [-0.39, 0.29) is 39.3 Å². The molecule has 1 aliphatic heterocycles. The van der Waals surface area contributed by atoms with Crippen molar-refractivity contribution >= 4 is 27.8 Å². The minimum Gasteiger partial charge on any atom is -0.455 e. The lowest BCUT2D eigenvalue weighted by Crippen LogP contribution is -2.29. The van der Waals surface area contributed by atoms with Gasteiger partial charge in [0, 0.05) is 49.9 Å². The fourth-order valence-electron chi connectivity index (χ4n) is 5.78. The van der Waals surface area contributed by atoms with E-state index in [1.807, 2.05) is 64.2 Å². The Balaban J connectivity index is 1.55. The number of aliphatic imine (C=N–C) groups is 1. The fraction of sp³-hybridized carbons (Fsp3) is 0.333. The van der Waals surface area contributed by atoms with Crippen LogP contribution in [0.25, 0.3) is 44.3 Å². The first kappa shape index (κ1) is 19.2. The number of rotatable bonds is 4. The molecule has 4 nitrogen and oxygen atoms in total. The number of hydrogen-bond acceptors (Lipinski definition) is 4. The highest BCUT2D eigenvalue weighted by Gasteiger charge is 2.29. The van der Waals surface area contributed by atoms with Crippen LogP contribution in [0.4, 0.5) is 0 Å². The zero-order valence-corrected chi connectivity index (χ0v) is 23.9. The second kappa shape index (κ2) is 9.33. The molecule has 0 radical (unpaired) electrons. The lowest BCUT2D eigenvalue weighted by atomic mass is 9.86. The summed E-state index contributed by atoms with van der Waals surface area (Å²) < 4.78 is 65.5. The van der Waals surface area contributed by atoms with Crippen LogP contribution in [0.3, 0.4) is 0 Å². The van der Waals surface area contributed by atoms with Crippen LogP contribution in [0.2, 0.25) is 0 Å². The molecule has 204 valence electrons. The minimum absolute atomic E-state index is 0.0435. The molecule has 0 amide bonds. The molecule has 4 heteroatoms. The van der Waals surface area contributed by atoms with Gasteiger partial charge in [0.25, 0.3) is 0 Å². The van der Waals surface area contributed by atoms with Gasteiger partial charge in [-0.05, 0) is 91.5 Å². The number of amidine groups is 1. The lowest BCUT2D eigenvalue weighted by molar-refractivity contribution is 0.411. The van der Waals surface area contributed by atoms with Crippen LogP contribution >= 0.6 is 0 Å². The van der Waals surface area contributed by atoms with E-state index in [1.54, 1.807) is 18.2 Å². The number of aryl methyl sites for hydroxylation is 2. The van der Waals surface area contributed by atoms with Crippen molar-refractivity contribution in [2.75, 3.05) is 13.6 Å². The lowest BCUT2D eigenvalue weighted by Gasteiger charge is -2.19. The van der Waals surface area contributed by atoms with Gasteiger partial charge in [-0.2, -0.15) is 0 Å². The first-order valence-electron chi connectivity index (χ1n) is 17.1. The molecule has 1 aliphatic rings. The van der Waals surface area contributed by atoms with E-state index in [4.69, 9.17) is 19.0 Å². The van der Waals surface area contributed by atoms with E-state index in [0.717, 1.165) is 28.7 Å². The van der Waals surface area contributed by atoms with Crippen molar-refractivity contribution in [1.29, 1.82) is 0 Å². The quantitative estimate of drug-likeness (QED) is 0.230. The average molecular weight is 537 g/mol. The Kier molecular flexibility index (Phi) is 4.48. The summed E-state index contributed by atoms with van der Waals surface area (Å²) >= 11 is 0. The van der Waals surface area contributed by atoms with E-state index >= 15 is 0 Å². The van der Waals surface area contributed by atoms with Gasteiger partial charge >= 0.3 is 0 Å². The zero-order chi connectivity index (χ0) is 34.3. The van der Waals surface area contributed by atoms with E-state index in [1.165, 1.54) is 6.20 Å². The molecule has 0 atom stereocenters. The number of likely N-dealkylation sites (N-methyl/N-ethyl adjacent to an activating group) is 1. The van der Waals surface area contributed by atoms with E-state index < -0.39 is 13.7 Å². The predicted octanol–water partition coefficient (Wildman–Crippen LogP) is 8.99. The predicted molar refractivity (Wildman–Crippen MR) is 168 cm³/mol. The highest BCUT2D eigenvalue weighted by atomic mass is 16.3. The largest absolute Gasteiger partial charge is 0.455 e. The third-order valence-corrected chi connectivity index (χ3v) is 7.34. The molecule has 0 saturated carbocycles. The van der Waals surface area contributed by atoms with Gasteiger partial charge in [0.05, 0.1) is 12.6 Å². The number of para-hydroxylation sites is 1. The average Bonchev–Trinajstić information content (AvgIpc) is 3.45. The summed E-state index contributed by atoms with van der Waals surface area (Å²) in [7, 11) is 2.03. The summed E-state index contributed by atoms with van der Waals surface area (Å²) in [6.45, 7) is 5.97. The van der Waals surface area contributed by atoms with Crippen LogP contribution in [0, 0.1) is 19.1 Å². The van der Waals surface area contributed by atoms with Crippen molar-refractivity contribution in [2.24, 2.45) is 10.4 Å². The number of hydrogen-bond donors (Lipinski definition) is 0. The van der Waals surface area contributed by atoms with Gasteiger partial charge in [0.15, 0.2) is 0 Å². The highest BCUT2D eigenvalue weighted by molar-refractivity contribution is 6.11. The molecule has 0 aliphatic carbocycles. The van der Waals surface area contributed by atoms with Gasteiger partial charge in [-0.3, -0.25) is 9.98 Å². The molecule has 0 saturated heterocycles. The highest BCUT2D eigenvalue weighted by Crippen LogP contribution is 2.38. The van der Waals surface area contributed by atoms with Crippen LogP contribution in [0.15, 0.2) is 76.2 Å². The van der Waals surface area contributed by atoms with Gasteiger partial charge in [-0.1, -0.05) is 57.1 Å². The molecule has 0 unspecified atom stereocenters. The second-order valence-corrected chi connectivity index (χ2v) is 12.7. The first-order valence-corrected chi connectivity index (χ1v) is 13.6. The van der Waals surface area contributed by atoms with Crippen LogP contribution in [0.1, 0.15) is 66.5 Å². The number of fused-ring (bicyclic) bond motifs is 3. The Labute approximate surface area is 247 Å². The Bertz CT molecular complexity index is 2060. The van der Waals surface area contributed by atoms with Gasteiger partial charge in [0.1, 0.15) is 17.0 Å². The maximum absolute atomic E-state index is 9.00. The SMILES string of the molecule is [2H]c1cc(CC(C)(C)C)cc(C([2H])([2H])[2H])c1-c1cc(-c2cccc3c2oc2cc(C4=NC(C)(C)CN4C)ccc23)ncc1C([2H])([2H])[2H]. The first-order chi connectivity index (χ1) is 21.7. The molecule has 0 bridgehead atoms. The van der Waals surface area contributed by atoms with Crippen LogP contribution in [-0.4, -0.2) is 34.9 Å². The topological polar surface area (TPSA) is 41.6 Å². The molecular formula is C36H39N3O. The van der Waals surface area contributed by atoms with E-state index in [2.05, 4.69) is 23.7 Å². The molecule has 0 fully saturated rings. The molecule has 0 spiro atoms. The summed E-state index contributed by atoms with van der Waals surface area (Å²) in [4.78, 5) is 11.6. The van der Waals surface area contributed by atoms with Gasteiger partial charge < -0.3 is 9.32 Å². The zero-order valence-electron chi connectivity index (χ0n) is 30.9. The van der Waals surface area contributed by atoms with Crippen molar-refractivity contribution in [3.8, 4) is 22.4 Å². The van der Waals surface area contributed by atoms with Crippen molar-refractivity contribution in [3.05, 3.63) is 89.1 Å². The van der Waals surface area contributed by atoms with Crippen molar-refractivity contribution in [2.45, 2.75) is 60.3 Å². The molecule has 5 aromatic rings. The van der Waals surface area contributed by atoms with Crippen LogP contribution in [0.5, 0.6) is 0 Å². The Morgan fingerprint density at radius 3 is 2.52 bits per heavy atom. The van der Waals surface area contributed by atoms with E-state index in [9.17, 15) is 0 Å². The fourth-order valence-corrected chi connectivity index (χ4v) is 5.78. The monoisotopic (exact) mass is 536 g/mol. The summed E-state index contributed by atoms with van der Waals surface area (Å²) in [5, 5.41) is 1.78. The normalized spacial score (nSPS) is 18.5. The molecule has 0 N–H and O–H groups in total. The standard InChI is InChI=1S/C36H39N3O/c1-22-16-24(19-35(3,4)5)12-14-26(22)30-18-31(37-20-23(30)2)29-11-9-10-28-27-15-13-25(17-32(27)40-33(28)29)34-38-36(6,7)21-39(34)8/h9-18,20H,19,21H2,1-8H3/i1D3,2D3,14D. The maximum atomic E-state index is 9.00. The molecule has 6 rings (SSSR count). The van der Waals surface area contributed by atoms with Gasteiger partial charge in [-0.25, -0.2) is 0 Å². The number of benzene rings is 3. The number of nitrogens with zero attached hydrogens (tertiary/aromatic N) is 3. The van der Waals surface area contributed by atoms with Crippen molar-refractivity contribution in [3.63, 3.8) is 0 Å². The summed E-state index contributed by atoms with van der Waals surface area (Å²) in [5.41, 5.74) is 3.68. The number of pyridine rings is 1. The summed E-state index contributed by atoms with van der Waals surface area (Å²) in [5.74, 6) is 0.897. The van der Waals surface area contributed by atoms with E-state index in [0.29, 0.717) is 34.4 Å². The Hall–Kier alpha value is -3.92.